The average molecular weight is 362 g/mol. The molecule has 122 valence electrons. The first-order valence-corrected chi connectivity index (χ1v) is 7.99. The van der Waals surface area contributed by atoms with Crippen molar-refractivity contribution < 1.29 is 9.53 Å². The van der Waals surface area contributed by atoms with E-state index < -0.39 is 5.97 Å². The molecule has 24 heavy (non-hydrogen) atoms. The minimum Gasteiger partial charge on any atom is -0.453 e. The van der Waals surface area contributed by atoms with Crippen LogP contribution in [-0.2, 0) is 11.3 Å². The Balaban J connectivity index is 1.68. The number of anilines is 2. The Bertz CT molecular complexity index is 862. The number of aromatic nitrogens is 3. The second kappa shape index (κ2) is 6.81. The van der Waals surface area contributed by atoms with Crippen LogP contribution in [0.4, 0.5) is 11.9 Å². The molecule has 2 heterocycles. The molecule has 4 N–H and O–H groups in total. The predicted molar refractivity (Wildman–Crippen MR) is 92.5 cm³/mol. The number of thiophene rings is 1. The molecule has 3 rings (SSSR count). The molecular formula is C15H12ClN5O2S. The lowest BCUT2D eigenvalue weighted by atomic mass is 10.2. The van der Waals surface area contributed by atoms with Gasteiger partial charge in [-0.05, 0) is 29.8 Å². The smallest absolute Gasteiger partial charge is 0.348 e. The van der Waals surface area contributed by atoms with Crippen LogP contribution in [0.3, 0.4) is 0 Å². The highest BCUT2D eigenvalue weighted by Crippen LogP contribution is 2.29. The lowest BCUT2D eigenvalue weighted by Gasteiger charge is -2.03. The maximum absolute atomic E-state index is 12.1. The first-order valence-electron chi connectivity index (χ1n) is 6.80. The van der Waals surface area contributed by atoms with Gasteiger partial charge in [0.15, 0.2) is 12.4 Å². The van der Waals surface area contributed by atoms with Crippen LogP contribution in [0.2, 0.25) is 5.02 Å². The summed E-state index contributed by atoms with van der Waals surface area (Å²) in [6.45, 7) is -0.135. The number of carbonyl (C=O) groups is 1. The second-order valence-electron chi connectivity index (χ2n) is 4.71. The monoisotopic (exact) mass is 361 g/mol. The summed E-state index contributed by atoms with van der Waals surface area (Å²) in [7, 11) is 0. The van der Waals surface area contributed by atoms with Gasteiger partial charge in [-0.25, -0.2) is 4.79 Å². The van der Waals surface area contributed by atoms with Crippen LogP contribution in [0, 0.1) is 0 Å². The van der Waals surface area contributed by atoms with E-state index in [-0.39, 0.29) is 24.3 Å². The van der Waals surface area contributed by atoms with Gasteiger partial charge in [-0.15, -0.1) is 11.3 Å². The standard InChI is InChI=1S/C15H12ClN5O2S/c16-9-3-1-8(2-4-9)10-5-6-11(24-10)13(22)23-7-12-19-14(17)21-15(18)20-12/h1-6H,7H2,(H4,17,18,19,20,21). The van der Waals surface area contributed by atoms with Crippen molar-refractivity contribution in [2.75, 3.05) is 11.5 Å². The van der Waals surface area contributed by atoms with Gasteiger partial charge in [-0.2, -0.15) is 15.0 Å². The maximum atomic E-state index is 12.1. The first kappa shape index (κ1) is 16.2. The minimum absolute atomic E-state index is 0.0188. The van der Waals surface area contributed by atoms with Gasteiger partial charge in [-0.1, -0.05) is 23.7 Å². The van der Waals surface area contributed by atoms with E-state index in [0.717, 1.165) is 10.4 Å². The number of benzene rings is 1. The molecule has 2 aromatic heterocycles. The number of ether oxygens (including phenoxy) is 1. The van der Waals surface area contributed by atoms with Crippen molar-refractivity contribution in [3.8, 4) is 10.4 Å². The second-order valence-corrected chi connectivity index (χ2v) is 6.24. The van der Waals surface area contributed by atoms with E-state index in [0.29, 0.717) is 9.90 Å². The fourth-order valence-corrected chi connectivity index (χ4v) is 2.97. The van der Waals surface area contributed by atoms with Gasteiger partial charge in [0.05, 0.1) is 0 Å². The largest absolute Gasteiger partial charge is 0.453 e. The molecule has 0 aliphatic heterocycles. The highest BCUT2D eigenvalue weighted by Gasteiger charge is 2.13. The summed E-state index contributed by atoms with van der Waals surface area (Å²) in [6, 6.07) is 10.9. The number of nitrogens with two attached hydrogens (primary N) is 2. The zero-order valence-corrected chi connectivity index (χ0v) is 13.8. The van der Waals surface area contributed by atoms with Gasteiger partial charge >= 0.3 is 5.97 Å². The zero-order valence-electron chi connectivity index (χ0n) is 12.3. The third-order valence-electron chi connectivity index (χ3n) is 2.98. The average Bonchev–Trinajstić information content (AvgIpc) is 3.02. The molecule has 9 heteroatoms. The molecule has 1 aromatic carbocycles. The van der Waals surface area contributed by atoms with Crippen molar-refractivity contribution >= 4 is 40.8 Å². The Hall–Kier alpha value is -2.71. The van der Waals surface area contributed by atoms with E-state index in [9.17, 15) is 4.79 Å². The number of hydrogen-bond donors (Lipinski definition) is 2. The van der Waals surface area contributed by atoms with Crippen LogP contribution in [-0.4, -0.2) is 20.9 Å². The van der Waals surface area contributed by atoms with Gasteiger partial charge in [0, 0.05) is 9.90 Å². The molecule has 0 spiro atoms. The number of nitrogens with zero attached hydrogens (tertiary/aromatic N) is 3. The number of halogens is 1. The highest BCUT2D eigenvalue weighted by atomic mass is 35.5. The van der Waals surface area contributed by atoms with Crippen molar-refractivity contribution in [2.45, 2.75) is 6.61 Å². The molecule has 0 saturated carbocycles. The Morgan fingerprint density at radius 1 is 1.04 bits per heavy atom. The SMILES string of the molecule is Nc1nc(N)nc(COC(=O)c2ccc(-c3ccc(Cl)cc3)s2)n1. The molecule has 0 amide bonds. The summed E-state index contributed by atoms with van der Waals surface area (Å²) in [5, 5.41) is 0.658. The summed E-state index contributed by atoms with van der Waals surface area (Å²) in [6.07, 6.45) is 0. The van der Waals surface area contributed by atoms with Crippen molar-refractivity contribution in [1.82, 2.24) is 15.0 Å². The van der Waals surface area contributed by atoms with Crippen LogP contribution in [0.15, 0.2) is 36.4 Å². The quantitative estimate of drug-likeness (QED) is 0.686. The van der Waals surface area contributed by atoms with Crippen molar-refractivity contribution in [3.05, 3.63) is 52.1 Å². The van der Waals surface area contributed by atoms with Crippen molar-refractivity contribution in [3.63, 3.8) is 0 Å². The van der Waals surface area contributed by atoms with E-state index >= 15 is 0 Å². The van der Waals surface area contributed by atoms with E-state index in [1.165, 1.54) is 11.3 Å². The van der Waals surface area contributed by atoms with Gasteiger partial charge in [-0.3, -0.25) is 0 Å². The van der Waals surface area contributed by atoms with E-state index in [2.05, 4.69) is 15.0 Å². The first-order chi connectivity index (χ1) is 11.5. The molecule has 7 nitrogen and oxygen atoms in total. The number of esters is 1. The topological polar surface area (TPSA) is 117 Å². The van der Waals surface area contributed by atoms with Crippen molar-refractivity contribution in [1.29, 1.82) is 0 Å². The third kappa shape index (κ3) is 3.79. The molecule has 0 bridgehead atoms. The Morgan fingerprint density at radius 2 is 1.71 bits per heavy atom. The predicted octanol–water partition coefficient (Wildman–Crippen LogP) is 2.77. The third-order valence-corrected chi connectivity index (χ3v) is 4.35. The summed E-state index contributed by atoms with van der Waals surface area (Å²) < 4.78 is 5.18. The molecular weight excluding hydrogens is 350 g/mol. The fraction of sp³-hybridized carbons (Fsp3) is 0.0667. The van der Waals surface area contributed by atoms with E-state index in [1.807, 2.05) is 18.2 Å². The maximum Gasteiger partial charge on any atom is 0.348 e. The van der Waals surface area contributed by atoms with Gasteiger partial charge in [0.2, 0.25) is 11.9 Å². The number of hydrogen-bond acceptors (Lipinski definition) is 8. The highest BCUT2D eigenvalue weighted by molar-refractivity contribution is 7.17. The molecule has 3 aromatic rings. The van der Waals surface area contributed by atoms with E-state index in [1.54, 1.807) is 18.2 Å². The molecule has 0 saturated heterocycles. The van der Waals surface area contributed by atoms with Crippen molar-refractivity contribution in [2.24, 2.45) is 0 Å². The van der Waals surface area contributed by atoms with Gasteiger partial charge in [0.25, 0.3) is 0 Å². The lowest BCUT2D eigenvalue weighted by Crippen LogP contribution is -2.10. The van der Waals surface area contributed by atoms with Crippen LogP contribution in [0.25, 0.3) is 10.4 Å². The Morgan fingerprint density at radius 3 is 2.38 bits per heavy atom. The number of rotatable bonds is 4. The van der Waals surface area contributed by atoms with Gasteiger partial charge < -0.3 is 16.2 Å². The Kier molecular flexibility index (Phi) is 4.59. The summed E-state index contributed by atoms with van der Waals surface area (Å²) in [5.41, 5.74) is 11.9. The molecule has 0 unspecified atom stereocenters. The molecule has 0 atom stereocenters. The summed E-state index contributed by atoms with van der Waals surface area (Å²) >= 11 is 7.19. The van der Waals surface area contributed by atoms with Crippen LogP contribution >= 0.6 is 22.9 Å². The molecule has 0 aliphatic rings. The number of carbonyl (C=O) groups excluding carboxylic acids is 1. The van der Waals surface area contributed by atoms with Gasteiger partial charge in [0.1, 0.15) is 4.88 Å². The molecule has 0 radical (unpaired) electrons. The fourth-order valence-electron chi connectivity index (χ4n) is 1.94. The summed E-state index contributed by atoms with van der Waals surface area (Å²) in [5.74, 6) is -0.315. The van der Waals surface area contributed by atoms with E-state index in [4.69, 9.17) is 27.8 Å². The normalized spacial score (nSPS) is 10.5. The Labute approximate surface area is 146 Å². The minimum atomic E-state index is -0.474. The van der Waals surface area contributed by atoms with Crippen LogP contribution in [0.1, 0.15) is 15.5 Å². The molecule has 0 fully saturated rings. The molecule has 0 aliphatic carbocycles. The zero-order chi connectivity index (χ0) is 17.1. The van der Waals surface area contributed by atoms with Crippen LogP contribution < -0.4 is 11.5 Å². The lowest BCUT2D eigenvalue weighted by molar-refractivity contribution is 0.0468. The van der Waals surface area contributed by atoms with Crippen LogP contribution in [0.5, 0.6) is 0 Å². The number of nitrogen functional groups attached to an aromatic ring is 2. The summed E-state index contributed by atoms with van der Waals surface area (Å²) in [4.78, 5) is 24.9.